The Morgan fingerprint density at radius 2 is 0.686 bits per heavy atom. The first-order chi connectivity index (χ1) is 56.0. The average molecular weight is 1630 g/mol. The zero-order chi connectivity index (χ0) is 86.9. The van der Waals surface area contributed by atoms with Crippen LogP contribution in [-0.2, 0) is 76.4 Å². The summed E-state index contributed by atoms with van der Waals surface area (Å²) in [6.07, 6.45) is 2.56. The SMILES string of the molecule is CCN(CC)CCNC(=O)c1c(C)[nH]c(/C=C2\C(=O)Nc3ccc(OC(=O)C(C)OC(=O)COC(C)=O)cc32)c1C.CCN(CC)CCNC(=O)c1c(C)[nH]c(/C=C2\C(=O)Nc3ccc(OC(=O)COC(=O)C(C)OC(C)=O)cc32)c1C.CCN(CC)CCNC(=O)c1c(C)[nH]c(/C=C2\C(=O)Nc3ccc(OC(=O)COC(C)=O)cc32)c1C. The lowest BCUT2D eigenvalue weighted by Gasteiger charge is -2.18. The number of nitrogens with zero attached hydrogens (tertiary/aromatic N) is 3. The second-order valence-corrected chi connectivity index (χ2v) is 27.4. The number of amides is 6. The lowest BCUT2D eigenvalue weighted by molar-refractivity contribution is -0.168. The van der Waals surface area contributed by atoms with E-state index in [-0.39, 0.29) is 52.7 Å². The van der Waals surface area contributed by atoms with Crippen molar-refractivity contribution in [3.8, 4) is 17.2 Å². The van der Waals surface area contributed by atoms with E-state index in [2.05, 4.69) is 113 Å². The van der Waals surface area contributed by atoms with Gasteiger partial charge < -0.3 is 99.4 Å². The molecule has 34 nitrogen and oxygen atoms in total. The Morgan fingerprint density at radius 3 is 0.992 bits per heavy atom. The van der Waals surface area contributed by atoms with Crippen LogP contribution in [-0.4, -0.2) is 223 Å². The van der Waals surface area contributed by atoms with Gasteiger partial charge in [-0.3, -0.25) is 43.2 Å². The zero-order valence-corrected chi connectivity index (χ0v) is 69.5. The number of aromatic amines is 3. The quantitative estimate of drug-likeness (QED) is 0.00803. The predicted molar refractivity (Wildman–Crippen MR) is 438 cm³/mol. The molecule has 2 atom stereocenters. The van der Waals surface area contributed by atoms with E-state index in [4.69, 9.17) is 28.4 Å². The lowest BCUT2D eigenvalue weighted by Crippen LogP contribution is -2.35. The van der Waals surface area contributed by atoms with Crippen molar-refractivity contribution >= 4 is 135 Å². The van der Waals surface area contributed by atoms with Gasteiger partial charge >= 0.3 is 47.8 Å². The van der Waals surface area contributed by atoms with Crippen LogP contribution in [0.3, 0.4) is 0 Å². The molecule has 0 saturated heterocycles. The smallest absolute Gasteiger partial charge is 0.352 e. The number of hydrogen-bond acceptors (Lipinski definition) is 25. The molecule has 9 rings (SSSR count). The first kappa shape index (κ1) is 92.4. The highest BCUT2D eigenvalue weighted by Crippen LogP contribution is 2.40. The summed E-state index contributed by atoms with van der Waals surface area (Å²) >= 11 is 0. The molecule has 0 bridgehead atoms. The molecule has 0 aliphatic carbocycles. The minimum Gasteiger partial charge on any atom is -0.454 e. The van der Waals surface area contributed by atoms with Gasteiger partial charge in [0, 0.05) is 128 Å². The standard InChI is InChI=1S/2C29H36N4O8.C26H32N4O6/c1-7-33(8-2)12-11-30-28(37)26-16(3)24(31-17(26)4)14-22-21-13-20(9-10-23(21)32-27(22)36)41-25(35)15-39-29(38)18(5)40-19(6)34;1-7-33(8-2)12-11-30-28(37)26-16(3)24(31-17(26)4)14-22-21-13-20(9-10-23(21)32-27(22)36)41-29(38)18(5)40-25(35)15-39-19(6)34;1-6-30(7-2)11-10-27-26(34)24-15(3)22(28-16(24)4)13-20-19-12-18(8-9-21(19)29-25(20)33)36-23(32)14-35-17(5)31/h2*9-10,13-14,18,31H,7-8,11-12,15H2,1-6H3,(H,30,37)(H,32,36);8-9,12-13,28H,6-7,10-11,14H2,1-5H3,(H,27,34)(H,29,33)/b2*22-14-;20-13-. The Balaban J connectivity index is 0.000000245. The number of H-pyrrole nitrogens is 3. The topological polar surface area (TPSA) is 442 Å². The van der Waals surface area contributed by atoms with Crippen LogP contribution in [0.15, 0.2) is 54.6 Å². The fourth-order valence-corrected chi connectivity index (χ4v) is 12.9. The van der Waals surface area contributed by atoms with Crippen LogP contribution in [0, 0.1) is 41.5 Å². The summed E-state index contributed by atoms with van der Waals surface area (Å²) in [5.41, 5.74) is 11.8. The zero-order valence-electron chi connectivity index (χ0n) is 69.5. The lowest BCUT2D eigenvalue weighted by atomic mass is 10.0. The first-order valence-electron chi connectivity index (χ1n) is 38.6. The maximum Gasteiger partial charge on any atom is 0.352 e. The Kier molecular flexibility index (Phi) is 33.8. The minimum absolute atomic E-state index is 0.131. The number of hydrogen-bond donors (Lipinski definition) is 9. The third kappa shape index (κ3) is 25.1. The van der Waals surface area contributed by atoms with E-state index in [1.54, 1.807) is 62.4 Å². The highest BCUT2D eigenvalue weighted by molar-refractivity contribution is 6.36. The van der Waals surface area contributed by atoms with Gasteiger partial charge in [-0.2, -0.15) is 0 Å². The van der Waals surface area contributed by atoms with E-state index in [1.165, 1.54) is 45.0 Å². The van der Waals surface area contributed by atoms with Gasteiger partial charge in [-0.15, -0.1) is 0 Å². The summed E-state index contributed by atoms with van der Waals surface area (Å²) in [6, 6.07) is 14.0. The third-order valence-corrected chi connectivity index (χ3v) is 19.2. The molecule has 3 aromatic carbocycles. The van der Waals surface area contributed by atoms with Gasteiger partial charge in [0.2, 0.25) is 0 Å². The molecule has 3 aromatic heterocycles. The number of benzene rings is 3. The van der Waals surface area contributed by atoms with Gasteiger partial charge in [-0.05, 0) is 184 Å². The molecular weight excluding hydrogens is 1530 g/mol. The van der Waals surface area contributed by atoms with Crippen molar-refractivity contribution in [3.05, 3.63) is 139 Å². The van der Waals surface area contributed by atoms with Crippen molar-refractivity contribution in [2.24, 2.45) is 0 Å². The maximum absolute atomic E-state index is 12.9. The molecule has 3 aliphatic heterocycles. The van der Waals surface area contributed by atoms with Gasteiger partial charge in [0.25, 0.3) is 35.4 Å². The summed E-state index contributed by atoms with van der Waals surface area (Å²) in [6.45, 7) is 36.9. The van der Waals surface area contributed by atoms with Gasteiger partial charge in [-0.1, -0.05) is 41.5 Å². The summed E-state index contributed by atoms with van der Waals surface area (Å²) in [5.74, 6) is -7.23. The summed E-state index contributed by atoms with van der Waals surface area (Å²) in [5, 5.41) is 17.2. The molecule has 2 unspecified atom stereocenters. The fourth-order valence-electron chi connectivity index (χ4n) is 12.9. The fraction of sp³-hybridized carbons (Fsp3) is 0.405. The number of anilines is 3. The number of aromatic nitrogens is 3. The molecule has 3 aliphatic rings. The van der Waals surface area contributed by atoms with Crippen LogP contribution in [0.1, 0.15) is 175 Å². The minimum atomic E-state index is -1.26. The van der Waals surface area contributed by atoms with E-state index >= 15 is 0 Å². The summed E-state index contributed by atoms with van der Waals surface area (Å²) in [4.78, 5) is 186. The molecule has 0 saturated carbocycles. The number of ether oxygens (including phenoxy) is 8. The third-order valence-electron chi connectivity index (χ3n) is 19.2. The van der Waals surface area contributed by atoms with Crippen LogP contribution in [0.4, 0.5) is 17.1 Å². The molecule has 0 fully saturated rings. The molecule has 6 aromatic rings. The molecule has 6 heterocycles. The van der Waals surface area contributed by atoms with E-state index in [0.717, 1.165) is 78.3 Å². The van der Waals surface area contributed by atoms with Gasteiger partial charge in [0.15, 0.2) is 32.0 Å². The Hall–Kier alpha value is -12.8. The Bertz CT molecular complexity index is 4910. The van der Waals surface area contributed by atoms with Crippen LogP contribution in [0.5, 0.6) is 17.2 Å². The van der Waals surface area contributed by atoms with E-state index in [1.807, 2.05) is 27.7 Å². The monoisotopic (exact) mass is 1630 g/mol. The first-order valence-corrected chi connectivity index (χ1v) is 38.6. The second kappa shape index (κ2) is 43.2. The van der Waals surface area contributed by atoms with Crippen molar-refractivity contribution in [3.63, 3.8) is 0 Å². The molecule has 34 heteroatoms. The van der Waals surface area contributed by atoms with Gasteiger partial charge in [0.1, 0.15) is 17.2 Å². The molecular formula is C84H104N12O22. The predicted octanol–water partition coefficient (Wildman–Crippen LogP) is 7.86. The van der Waals surface area contributed by atoms with E-state index in [9.17, 15) is 67.1 Å². The molecule has 9 N–H and O–H groups in total. The number of esters is 8. The Morgan fingerprint density at radius 1 is 0.390 bits per heavy atom. The summed E-state index contributed by atoms with van der Waals surface area (Å²) < 4.78 is 39.5. The largest absolute Gasteiger partial charge is 0.454 e. The van der Waals surface area contributed by atoms with E-state index in [0.29, 0.717) is 132 Å². The molecule has 118 heavy (non-hydrogen) atoms. The average Bonchev–Trinajstić information content (AvgIpc) is 1.64. The molecule has 0 radical (unpaired) electrons. The number of likely N-dealkylation sites (N-methyl/N-ethyl adjacent to an activating group) is 3. The molecule has 632 valence electrons. The van der Waals surface area contributed by atoms with Crippen LogP contribution < -0.4 is 46.1 Å². The number of fused-ring (bicyclic) bond motifs is 3. The number of aryl methyl sites for hydroxylation is 3. The van der Waals surface area contributed by atoms with E-state index < -0.39 is 79.8 Å². The van der Waals surface area contributed by atoms with Crippen molar-refractivity contribution in [1.29, 1.82) is 0 Å². The molecule has 6 amide bonds. The highest BCUT2D eigenvalue weighted by Gasteiger charge is 2.32. The van der Waals surface area contributed by atoms with Gasteiger partial charge in [0.05, 0.1) is 33.4 Å². The van der Waals surface area contributed by atoms with Crippen LogP contribution in [0.2, 0.25) is 0 Å². The number of carbonyl (C=O) groups is 14. The number of carbonyl (C=O) groups excluding carboxylic acids is 14. The highest BCUT2D eigenvalue weighted by atomic mass is 16.6. The maximum atomic E-state index is 12.9. The van der Waals surface area contributed by atoms with Crippen molar-refractivity contribution in [2.45, 2.75) is 130 Å². The number of nitrogens with one attached hydrogen (secondary N) is 9. The normalized spacial score (nSPS) is 13.8. The van der Waals surface area contributed by atoms with Crippen molar-refractivity contribution in [1.82, 2.24) is 45.6 Å². The molecule has 0 spiro atoms. The van der Waals surface area contributed by atoms with Crippen molar-refractivity contribution in [2.75, 3.05) is 114 Å². The van der Waals surface area contributed by atoms with Gasteiger partial charge in [-0.25, -0.2) is 24.0 Å². The Labute approximate surface area is 683 Å². The second-order valence-electron chi connectivity index (χ2n) is 27.4. The summed E-state index contributed by atoms with van der Waals surface area (Å²) in [7, 11) is 0. The number of rotatable bonds is 34. The van der Waals surface area contributed by atoms with Crippen LogP contribution in [0.25, 0.3) is 34.9 Å². The van der Waals surface area contributed by atoms with Crippen molar-refractivity contribution < 1.29 is 105 Å². The van der Waals surface area contributed by atoms with Crippen LogP contribution >= 0.6 is 0 Å².